The fourth-order valence-corrected chi connectivity index (χ4v) is 2.27. The predicted octanol–water partition coefficient (Wildman–Crippen LogP) is 3.04. The van der Waals surface area contributed by atoms with Crippen LogP contribution >= 0.6 is 22.7 Å². The van der Waals surface area contributed by atoms with Gasteiger partial charge in [-0.1, -0.05) is 6.07 Å². The first-order valence-electron chi connectivity index (χ1n) is 3.48. The van der Waals surface area contributed by atoms with Gasteiger partial charge < -0.3 is 0 Å². The fourth-order valence-electron chi connectivity index (χ4n) is 0.944. The van der Waals surface area contributed by atoms with E-state index >= 15 is 0 Å². The Hall–Kier alpha value is -0.930. The lowest BCUT2D eigenvalue weighted by Gasteiger charge is -1.90. The number of hydrogen-bond donors (Lipinski definition) is 0. The van der Waals surface area contributed by atoms with Crippen LogP contribution in [-0.2, 0) is 0 Å². The van der Waals surface area contributed by atoms with Crippen molar-refractivity contribution in [1.29, 1.82) is 0 Å². The van der Waals surface area contributed by atoms with E-state index in [0.29, 0.717) is 0 Å². The SMILES string of the molecule is O=C(c1ccsc1)c1cccs1. The third kappa shape index (κ3) is 1.33. The standard InChI is InChI=1S/C9H6OS2/c10-9(7-3-5-11-6-7)8-2-1-4-12-8/h1-6H. The van der Waals surface area contributed by atoms with Crippen LogP contribution in [0.1, 0.15) is 15.2 Å². The zero-order valence-corrected chi connectivity index (χ0v) is 7.82. The van der Waals surface area contributed by atoms with Crippen LogP contribution in [0.4, 0.5) is 0 Å². The molecule has 0 aromatic carbocycles. The van der Waals surface area contributed by atoms with Crippen molar-refractivity contribution < 1.29 is 4.79 Å². The van der Waals surface area contributed by atoms with Gasteiger partial charge in [-0.3, -0.25) is 4.79 Å². The van der Waals surface area contributed by atoms with E-state index in [9.17, 15) is 4.79 Å². The van der Waals surface area contributed by atoms with Crippen molar-refractivity contribution in [3.63, 3.8) is 0 Å². The minimum atomic E-state index is 0.131. The van der Waals surface area contributed by atoms with Gasteiger partial charge in [-0.2, -0.15) is 11.3 Å². The van der Waals surface area contributed by atoms with Crippen LogP contribution in [0.5, 0.6) is 0 Å². The van der Waals surface area contributed by atoms with Crippen LogP contribution in [0.3, 0.4) is 0 Å². The largest absolute Gasteiger partial charge is 0.288 e. The lowest BCUT2D eigenvalue weighted by atomic mass is 10.2. The van der Waals surface area contributed by atoms with Gasteiger partial charge in [0.15, 0.2) is 0 Å². The molecule has 0 saturated carbocycles. The molecule has 0 aliphatic carbocycles. The van der Waals surface area contributed by atoms with E-state index in [1.807, 2.05) is 34.3 Å². The Balaban J connectivity index is 2.34. The Morgan fingerprint density at radius 3 is 2.75 bits per heavy atom. The van der Waals surface area contributed by atoms with Crippen molar-refractivity contribution in [1.82, 2.24) is 0 Å². The highest BCUT2D eigenvalue weighted by atomic mass is 32.1. The first kappa shape index (κ1) is 7.71. The van der Waals surface area contributed by atoms with Crippen molar-refractivity contribution in [2.45, 2.75) is 0 Å². The molecule has 0 aliphatic rings. The molecular formula is C9H6OS2. The summed E-state index contributed by atoms with van der Waals surface area (Å²) in [5.74, 6) is 0.131. The van der Waals surface area contributed by atoms with Gasteiger partial charge in [-0.25, -0.2) is 0 Å². The molecule has 0 spiro atoms. The molecular weight excluding hydrogens is 188 g/mol. The van der Waals surface area contributed by atoms with Gasteiger partial charge in [0.2, 0.25) is 5.78 Å². The highest BCUT2D eigenvalue weighted by Crippen LogP contribution is 2.16. The van der Waals surface area contributed by atoms with Gasteiger partial charge in [-0.15, -0.1) is 11.3 Å². The van der Waals surface area contributed by atoms with Gasteiger partial charge in [0, 0.05) is 10.9 Å². The molecule has 2 heterocycles. The van der Waals surface area contributed by atoms with Crippen LogP contribution in [0.15, 0.2) is 34.3 Å². The highest BCUT2D eigenvalue weighted by Gasteiger charge is 2.08. The number of carbonyl (C=O) groups excluding carboxylic acids is 1. The Kier molecular flexibility index (Phi) is 2.06. The van der Waals surface area contributed by atoms with Gasteiger partial charge in [0.05, 0.1) is 4.88 Å². The summed E-state index contributed by atoms with van der Waals surface area (Å²) in [6.45, 7) is 0. The zero-order valence-electron chi connectivity index (χ0n) is 6.19. The van der Waals surface area contributed by atoms with Crippen molar-refractivity contribution in [2.75, 3.05) is 0 Å². The van der Waals surface area contributed by atoms with E-state index in [0.717, 1.165) is 10.4 Å². The lowest BCUT2D eigenvalue weighted by molar-refractivity contribution is 0.104. The third-order valence-corrected chi connectivity index (χ3v) is 3.08. The van der Waals surface area contributed by atoms with Crippen LogP contribution < -0.4 is 0 Å². The van der Waals surface area contributed by atoms with E-state index in [1.165, 1.54) is 11.3 Å². The summed E-state index contributed by atoms with van der Waals surface area (Å²) >= 11 is 3.03. The number of carbonyl (C=O) groups is 1. The Labute approximate surface area is 78.3 Å². The van der Waals surface area contributed by atoms with Crippen LogP contribution in [-0.4, -0.2) is 5.78 Å². The second-order valence-electron chi connectivity index (χ2n) is 2.32. The van der Waals surface area contributed by atoms with Gasteiger partial charge in [0.25, 0.3) is 0 Å². The number of ketones is 1. The number of rotatable bonds is 2. The van der Waals surface area contributed by atoms with E-state index in [-0.39, 0.29) is 5.78 Å². The minimum absolute atomic E-state index is 0.131. The molecule has 0 atom stereocenters. The predicted molar refractivity (Wildman–Crippen MR) is 52.1 cm³/mol. The average molecular weight is 194 g/mol. The number of thiophene rings is 2. The van der Waals surface area contributed by atoms with Crippen LogP contribution in [0, 0.1) is 0 Å². The molecule has 0 saturated heterocycles. The van der Waals surface area contributed by atoms with E-state index in [4.69, 9.17) is 0 Å². The lowest BCUT2D eigenvalue weighted by Crippen LogP contribution is -1.94. The normalized spacial score (nSPS) is 10.0. The zero-order chi connectivity index (χ0) is 8.39. The third-order valence-electron chi connectivity index (χ3n) is 1.53. The molecule has 1 nitrogen and oxygen atoms in total. The molecule has 0 radical (unpaired) electrons. The average Bonchev–Trinajstić information content (AvgIpc) is 2.77. The highest BCUT2D eigenvalue weighted by molar-refractivity contribution is 7.12. The van der Waals surface area contributed by atoms with Crippen molar-refractivity contribution in [3.05, 3.63) is 44.8 Å². The monoisotopic (exact) mass is 194 g/mol. The fraction of sp³-hybridized carbons (Fsp3) is 0. The Morgan fingerprint density at radius 1 is 1.25 bits per heavy atom. The molecule has 0 aliphatic heterocycles. The van der Waals surface area contributed by atoms with Gasteiger partial charge in [0.1, 0.15) is 0 Å². The number of hydrogen-bond acceptors (Lipinski definition) is 3. The summed E-state index contributed by atoms with van der Waals surface area (Å²) in [5, 5.41) is 5.71. The first-order chi connectivity index (χ1) is 5.88. The smallest absolute Gasteiger partial charge is 0.203 e. The van der Waals surface area contributed by atoms with Crippen LogP contribution in [0.25, 0.3) is 0 Å². The van der Waals surface area contributed by atoms with E-state index in [1.54, 1.807) is 11.3 Å². The van der Waals surface area contributed by atoms with Crippen molar-refractivity contribution in [3.8, 4) is 0 Å². The quantitative estimate of drug-likeness (QED) is 0.671. The molecule has 0 N–H and O–H groups in total. The summed E-state index contributed by atoms with van der Waals surface area (Å²) < 4.78 is 0. The molecule has 0 amide bonds. The summed E-state index contributed by atoms with van der Waals surface area (Å²) in [6, 6.07) is 5.60. The molecule has 0 unspecified atom stereocenters. The molecule has 2 rings (SSSR count). The van der Waals surface area contributed by atoms with Crippen molar-refractivity contribution in [2.24, 2.45) is 0 Å². The molecule has 0 fully saturated rings. The maximum Gasteiger partial charge on any atom is 0.203 e. The first-order valence-corrected chi connectivity index (χ1v) is 5.30. The van der Waals surface area contributed by atoms with Crippen LogP contribution in [0.2, 0.25) is 0 Å². The molecule has 60 valence electrons. The maximum absolute atomic E-state index is 11.6. The second kappa shape index (κ2) is 3.21. The van der Waals surface area contributed by atoms with Gasteiger partial charge in [-0.05, 0) is 22.9 Å². The Morgan fingerprint density at radius 2 is 2.17 bits per heavy atom. The summed E-state index contributed by atoms with van der Waals surface area (Å²) in [6.07, 6.45) is 0. The minimum Gasteiger partial charge on any atom is -0.288 e. The summed E-state index contributed by atoms with van der Waals surface area (Å²) in [4.78, 5) is 12.4. The topological polar surface area (TPSA) is 17.1 Å². The molecule has 2 aromatic rings. The summed E-state index contributed by atoms with van der Waals surface area (Å²) in [7, 11) is 0. The molecule has 0 bridgehead atoms. The van der Waals surface area contributed by atoms with Crippen molar-refractivity contribution >= 4 is 28.5 Å². The van der Waals surface area contributed by atoms with E-state index < -0.39 is 0 Å². The van der Waals surface area contributed by atoms with Gasteiger partial charge >= 0.3 is 0 Å². The molecule has 3 heteroatoms. The molecule has 2 aromatic heterocycles. The van der Waals surface area contributed by atoms with E-state index in [2.05, 4.69) is 0 Å². The summed E-state index contributed by atoms with van der Waals surface area (Å²) in [5.41, 5.74) is 0.794. The maximum atomic E-state index is 11.6. The Bertz CT molecular complexity index is 323. The second-order valence-corrected chi connectivity index (χ2v) is 4.05. The molecule has 12 heavy (non-hydrogen) atoms.